The van der Waals surface area contributed by atoms with Gasteiger partial charge in [0.15, 0.2) is 0 Å². The normalized spacial score (nSPS) is 11.4. The number of carbonyl (C=O) groups is 1. The van der Waals surface area contributed by atoms with Crippen molar-refractivity contribution in [2.75, 3.05) is 5.32 Å². The highest BCUT2D eigenvalue weighted by Gasteiger charge is 2.14. The van der Waals surface area contributed by atoms with E-state index in [1.54, 1.807) is 6.07 Å². The summed E-state index contributed by atoms with van der Waals surface area (Å²) >= 11 is 0. The predicted octanol–water partition coefficient (Wildman–Crippen LogP) is 3.04. The topological polar surface area (TPSA) is 104 Å². The minimum atomic E-state index is -4.28. The Hall–Kier alpha value is -2.90. The number of hydrogen-bond donors (Lipinski definition) is 3. The number of aromatic hydroxyl groups is 1. The maximum absolute atomic E-state index is 12.3. The van der Waals surface area contributed by atoms with Crippen LogP contribution in [0.5, 0.6) is 5.75 Å². The first-order valence-electron chi connectivity index (χ1n) is 6.95. The van der Waals surface area contributed by atoms with Crippen molar-refractivity contribution < 1.29 is 22.9 Å². The number of fused-ring (bicyclic) bond motifs is 1. The van der Waals surface area contributed by atoms with Crippen LogP contribution in [0.2, 0.25) is 0 Å². The van der Waals surface area contributed by atoms with E-state index in [1.807, 2.05) is 24.3 Å². The Balaban J connectivity index is 1.88. The summed E-state index contributed by atoms with van der Waals surface area (Å²) in [5.41, 5.74) is 0.438. The van der Waals surface area contributed by atoms with Gasteiger partial charge in [0.2, 0.25) is 0 Å². The van der Waals surface area contributed by atoms with Crippen LogP contribution in [0, 0.1) is 0 Å². The Kier molecular flexibility index (Phi) is 3.96. The molecule has 3 aromatic carbocycles. The van der Waals surface area contributed by atoms with Gasteiger partial charge in [-0.1, -0.05) is 24.3 Å². The highest BCUT2D eigenvalue weighted by Crippen LogP contribution is 2.26. The van der Waals surface area contributed by atoms with E-state index in [0.29, 0.717) is 5.69 Å². The summed E-state index contributed by atoms with van der Waals surface area (Å²) in [5, 5.41) is 14.2. The Bertz CT molecular complexity index is 1030. The number of amides is 1. The van der Waals surface area contributed by atoms with Gasteiger partial charge in [0.1, 0.15) is 5.75 Å². The van der Waals surface area contributed by atoms with E-state index in [2.05, 4.69) is 5.32 Å². The van der Waals surface area contributed by atoms with E-state index >= 15 is 0 Å². The molecule has 0 atom stereocenters. The first kappa shape index (κ1) is 16.0. The van der Waals surface area contributed by atoms with Gasteiger partial charge >= 0.3 is 0 Å². The molecular formula is C17H13NO5S. The maximum Gasteiger partial charge on any atom is 0.294 e. The molecule has 3 aromatic rings. The van der Waals surface area contributed by atoms with Gasteiger partial charge in [-0.2, -0.15) is 8.42 Å². The number of carbonyl (C=O) groups excluding carboxylic acids is 1. The number of phenolic OH excluding ortho intramolecular Hbond substituents is 1. The van der Waals surface area contributed by atoms with Crippen LogP contribution in [-0.2, 0) is 10.1 Å². The molecule has 0 aliphatic heterocycles. The first-order chi connectivity index (χ1) is 11.3. The van der Waals surface area contributed by atoms with E-state index < -0.39 is 16.0 Å². The Morgan fingerprint density at radius 1 is 0.917 bits per heavy atom. The predicted molar refractivity (Wildman–Crippen MR) is 89.8 cm³/mol. The minimum Gasteiger partial charge on any atom is -0.507 e. The zero-order chi connectivity index (χ0) is 17.3. The van der Waals surface area contributed by atoms with Crippen LogP contribution in [-0.4, -0.2) is 24.0 Å². The second-order valence-electron chi connectivity index (χ2n) is 5.17. The molecule has 3 N–H and O–H groups in total. The summed E-state index contributed by atoms with van der Waals surface area (Å²) in [6.07, 6.45) is 0. The third-order valence-electron chi connectivity index (χ3n) is 3.52. The van der Waals surface area contributed by atoms with Crippen LogP contribution in [0.4, 0.5) is 5.69 Å². The molecule has 122 valence electrons. The van der Waals surface area contributed by atoms with Gasteiger partial charge in [0.25, 0.3) is 16.0 Å². The van der Waals surface area contributed by atoms with Crippen molar-refractivity contribution >= 4 is 32.5 Å². The lowest BCUT2D eigenvalue weighted by molar-refractivity contribution is 0.102. The van der Waals surface area contributed by atoms with Gasteiger partial charge in [0, 0.05) is 5.69 Å². The fourth-order valence-electron chi connectivity index (χ4n) is 2.32. The summed E-state index contributed by atoms with van der Waals surface area (Å²) in [6, 6.07) is 15.4. The highest BCUT2D eigenvalue weighted by molar-refractivity contribution is 7.85. The van der Waals surface area contributed by atoms with Crippen LogP contribution in [0.25, 0.3) is 10.8 Å². The number of benzene rings is 3. The zero-order valence-electron chi connectivity index (χ0n) is 12.3. The molecule has 0 radical (unpaired) electrons. The number of phenols is 1. The highest BCUT2D eigenvalue weighted by atomic mass is 32.2. The van der Waals surface area contributed by atoms with Crippen molar-refractivity contribution in [1.29, 1.82) is 0 Å². The summed E-state index contributed by atoms with van der Waals surface area (Å²) in [7, 11) is -4.28. The molecule has 0 fully saturated rings. The van der Waals surface area contributed by atoms with Crippen LogP contribution in [0.3, 0.4) is 0 Å². The largest absolute Gasteiger partial charge is 0.507 e. The third kappa shape index (κ3) is 3.22. The molecule has 0 spiro atoms. The molecule has 24 heavy (non-hydrogen) atoms. The van der Waals surface area contributed by atoms with E-state index in [0.717, 1.165) is 10.8 Å². The van der Waals surface area contributed by atoms with Gasteiger partial charge in [-0.05, 0) is 47.2 Å². The average molecular weight is 343 g/mol. The van der Waals surface area contributed by atoms with Crippen LogP contribution in [0.15, 0.2) is 65.6 Å². The second kappa shape index (κ2) is 5.95. The standard InChI is InChI=1S/C17H13NO5S/c19-16-10-12-4-2-1-3-11(12)9-15(16)17(20)18-13-5-7-14(8-6-13)24(21,22)23/h1-10,19H,(H,18,20)(H,21,22,23). The lowest BCUT2D eigenvalue weighted by Gasteiger charge is -2.09. The number of hydrogen-bond acceptors (Lipinski definition) is 4. The molecule has 0 unspecified atom stereocenters. The molecule has 0 aromatic heterocycles. The summed E-state index contributed by atoms with van der Waals surface area (Å²) < 4.78 is 30.9. The smallest absolute Gasteiger partial charge is 0.294 e. The minimum absolute atomic E-state index is 0.104. The molecule has 1 amide bonds. The van der Waals surface area contributed by atoms with Gasteiger partial charge in [-0.3, -0.25) is 9.35 Å². The Labute approximate surface area is 138 Å². The monoisotopic (exact) mass is 343 g/mol. The van der Waals surface area contributed by atoms with Crippen LogP contribution in [0.1, 0.15) is 10.4 Å². The van der Waals surface area contributed by atoms with Crippen molar-refractivity contribution in [1.82, 2.24) is 0 Å². The van der Waals surface area contributed by atoms with Crippen molar-refractivity contribution in [2.45, 2.75) is 4.90 Å². The van der Waals surface area contributed by atoms with Gasteiger partial charge in [0.05, 0.1) is 10.5 Å². The molecule has 7 heteroatoms. The second-order valence-corrected chi connectivity index (χ2v) is 6.59. The molecule has 3 rings (SSSR count). The SMILES string of the molecule is O=C(Nc1ccc(S(=O)(=O)O)cc1)c1cc2ccccc2cc1O. The van der Waals surface area contributed by atoms with Crippen molar-refractivity contribution in [3.8, 4) is 5.75 Å². The van der Waals surface area contributed by atoms with Crippen molar-refractivity contribution in [3.63, 3.8) is 0 Å². The molecule has 0 saturated heterocycles. The van der Waals surface area contributed by atoms with E-state index in [-0.39, 0.29) is 16.2 Å². The van der Waals surface area contributed by atoms with Gasteiger partial charge in [-0.15, -0.1) is 0 Å². The van der Waals surface area contributed by atoms with E-state index in [9.17, 15) is 18.3 Å². The fourth-order valence-corrected chi connectivity index (χ4v) is 2.80. The summed E-state index contributed by atoms with van der Waals surface area (Å²) in [4.78, 5) is 12.1. The molecule has 0 aliphatic carbocycles. The van der Waals surface area contributed by atoms with Crippen molar-refractivity contribution in [2.24, 2.45) is 0 Å². The molecule has 0 aliphatic rings. The molecule has 0 bridgehead atoms. The lowest BCUT2D eigenvalue weighted by atomic mass is 10.1. The van der Waals surface area contributed by atoms with Crippen LogP contribution < -0.4 is 5.32 Å². The van der Waals surface area contributed by atoms with E-state index in [4.69, 9.17) is 4.55 Å². The zero-order valence-corrected chi connectivity index (χ0v) is 13.1. The third-order valence-corrected chi connectivity index (χ3v) is 4.39. The van der Waals surface area contributed by atoms with Crippen molar-refractivity contribution in [3.05, 3.63) is 66.2 Å². The fraction of sp³-hybridized carbons (Fsp3) is 0. The number of anilines is 1. The van der Waals surface area contributed by atoms with Gasteiger partial charge < -0.3 is 10.4 Å². The summed E-state index contributed by atoms with van der Waals surface area (Å²) in [6.45, 7) is 0. The quantitative estimate of drug-likeness (QED) is 0.634. The summed E-state index contributed by atoms with van der Waals surface area (Å²) in [5.74, 6) is -0.682. The van der Waals surface area contributed by atoms with Gasteiger partial charge in [-0.25, -0.2) is 0 Å². The average Bonchev–Trinajstić information content (AvgIpc) is 2.53. The number of nitrogens with one attached hydrogen (secondary N) is 1. The maximum atomic E-state index is 12.3. The van der Waals surface area contributed by atoms with E-state index in [1.165, 1.54) is 30.3 Å². The molecule has 6 nitrogen and oxygen atoms in total. The first-order valence-corrected chi connectivity index (χ1v) is 8.39. The lowest BCUT2D eigenvalue weighted by Crippen LogP contribution is -2.12. The molecule has 0 heterocycles. The Morgan fingerprint density at radius 3 is 2.08 bits per heavy atom. The molecular weight excluding hydrogens is 330 g/mol. The van der Waals surface area contributed by atoms with Crippen LogP contribution >= 0.6 is 0 Å². The number of rotatable bonds is 3. The Morgan fingerprint density at radius 2 is 1.50 bits per heavy atom. The molecule has 0 saturated carbocycles.